The van der Waals surface area contributed by atoms with E-state index in [2.05, 4.69) is 141 Å². The minimum Gasteiger partial charge on any atom is -0.0616 e. The van der Waals surface area contributed by atoms with Gasteiger partial charge < -0.3 is 0 Å². The molecule has 0 aliphatic heterocycles. The number of halogens is 2. The second-order valence-electron chi connectivity index (χ2n) is 8.05. The van der Waals surface area contributed by atoms with Gasteiger partial charge in [0.05, 0.1) is 0 Å². The van der Waals surface area contributed by atoms with Gasteiger partial charge in [0.25, 0.3) is 0 Å². The van der Waals surface area contributed by atoms with Crippen LogP contribution >= 0.6 is 31.9 Å². The van der Waals surface area contributed by atoms with E-state index in [0.717, 1.165) is 8.95 Å². The van der Waals surface area contributed by atoms with Crippen LogP contribution in [0.15, 0.2) is 118 Å². The third-order valence-corrected chi connectivity index (χ3v) is 7.21. The van der Waals surface area contributed by atoms with Gasteiger partial charge in [-0.2, -0.15) is 0 Å². The van der Waals surface area contributed by atoms with Gasteiger partial charge in [0, 0.05) is 8.95 Å². The Hall–Kier alpha value is -2.94. The molecule has 0 aromatic heterocycles. The molecule has 0 radical (unpaired) electrons. The first-order chi connectivity index (χ1) is 15.7. The van der Waals surface area contributed by atoms with E-state index in [0.29, 0.717) is 0 Å². The average Bonchev–Trinajstić information content (AvgIpc) is 2.83. The van der Waals surface area contributed by atoms with Crippen molar-refractivity contribution >= 4 is 64.2 Å². The smallest absolute Gasteiger partial charge is 0.0175 e. The van der Waals surface area contributed by atoms with E-state index in [4.69, 9.17) is 0 Å². The fraction of sp³-hybridized carbons (Fsp3) is 0. The third-order valence-electron chi connectivity index (χ3n) is 6.16. The molecule has 0 atom stereocenters. The van der Waals surface area contributed by atoms with E-state index in [1.165, 1.54) is 54.6 Å². The highest BCUT2D eigenvalue weighted by Gasteiger charge is 2.17. The molecule has 6 rings (SSSR count). The standard InChI is InChI=1S/C30H18Br2/c31-23-13-9-19(10-14-23)29-25-7-3-4-8-26(25)30(20-11-15-24(32)16-12-20)28-18-22-6-2-1-5-21(22)17-27(28)29/h1-18H. The molecular weight excluding hydrogens is 520 g/mol. The Labute approximate surface area is 203 Å². The number of benzene rings is 6. The average molecular weight is 538 g/mol. The van der Waals surface area contributed by atoms with Crippen LogP contribution in [0.5, 0.6) is 0 Å². The first-order valence-corrected chi connectivity index (χ1v) is 12.2. The summed E-state index contributed by atoms with van der Waals surface area (Å²) in [5.41, 5.74) is 5.03. The number of hydrogen-bond acceptors (Lipinski definition) is 0. The monoisotopic (exact) mass is 536 g/mol. The Morgan fingerprint density at radius 2 is 0.750 bits per heavy atom. The topological polar surface area (TPSA) is 0 Å². The van der Waals surface area contributed by atoms with Gasteiger partial charge in [0.2, 0.25) is 0 Å². The Balaban J connectivity index is 1.85. The summed E-state index contributed by atoms with van der Waals surface area (Å²) in [5, 5.41) is 7.63. The highest BCUT2D eigenvalue weighted by Crippen LogP contribution is 2.45. The third kappa shape index (κ3) is 3.26. The SMILES string of the molecule is Brc1ccc(-c2c3ccccc3c(-c3ccc(Br)cc3)c3cc4ccccc4cc23)cc1. The lowest BCUT2D eigenvalue weighted by Gasteiger charge is -2.18. The van der Waals surface area contributed by atoms with Gasteiger partial charge in [-0.15, -0.1) is 0 Å². The molecule has 6 aromatic carbocycles. The normalized spacial score (nSPS) is 11.4. The van der Waals surface area contributed by atoms with Crippen molar-refractivity contribution in [2.75, 3.05) is 0 Å². The number of fused-ring (bicyclic) bond motifs is 3. The first kappa shape index (κ1) is 19.7. The molecule has 0 aliphatic rings. The second kappa shape index (κ2) is 7.88. The Morgan fingerprint density at radius 1 is 0.375 bits per heavy atom. The van der Waals surface area contributed by atoms with Crippen LogP contribution in [-0.2, 0) is 0 Å². The van der Waals surface area contributed by atoms with E-state index in [-0.39, 0.29) is 0 Å². The van der Waals surface area contributed by atoms with Crippen LogP contribution in [0.25, 0.3) is 54.6 Å². The van der Waals surface area contributed by atoms with Crippen molar-refractivity contribution in [1.82, 2.24) is 0 Å². The van der Waals surface area contributed by atoms with Crippen molar-refractivity contribution in [2.45, 2.75) is 0 Å². The predicted molar refractivity (Wildman–Crippen MR) is 145 cm³/mol. The molecule has 32 heavy (non-hydrogen) atoms. The van der Waals surface area contributed by atoms with E-state index in [1.807, 2.05) is 0 Å². The van der Waals surface area contributed by atoms with Gasteiger partial charge in [-0.25, -0.2) is 0 Å². The molecule has 0 heterocycles. The Morgan fingerprint density at radius 3 is 1.16 bits per heavy atom. The molecule has 0 N–H and O–H groups in total. The molecular formula is C30H18Br2. The van der Waals surface area contributed by atoms with Crippen molar-refractivity contribution in [1.29, 1.82) is 0 Å². The molecule has 0 unspecified atom stereocenters. The number of rotatable bonds is 2. The van der Waals surface area contributed by atoms with Crippen LogP contribution in [0.1, 0.15) is 0 Å². The van der Waals surface area contributed by atoms with Gasteiger partial charge in [-0.1, -0.05) is 105 Å². The summed E-state index contributed by atoms with van der Waals surface area (Å²) in [7, 11) is 0. The minimum absolute atomic E-state index is 1.09. The molecule has 0 amide bonds. The minimum atomic E-state index is 1.09. The summed E-state index contributed by atoms with van der Waals surface area (Å²) in [4.78, 5) is 0. The molecule has 0 nitrogen and oxygen atoms in total. The second-order valence-corrected chi connectivity index (χ2v) is 9.89. The van der Waals surface area contributed by atoms with Crippen LogP contribution in [0.3, 0.4) is 0 Å². The highest BCUT2D eigenvalue weighted by atomic mass is 79.9. The van der Waals surface area contributed by atoms with Crippen molar-refractivity contribution < 1.29 is 0 Å². The zero-order chi connectivity index (χ0) is 21.7. The molecule has 0 aliphatic carbocycles. The molecule has 0 spiro atoms. The van der Waals surface area contributed by atoms with Crippen LogP contribution in [0, 0.1) is 0 Å². The van der Waals surface area contributed by atoms with Crippen molar-refractivity contribution in [2.24, 2.45) is 0 Å². The predicted octanol–water partition coefficient (Wildman–Crippen LogP) is 10.0. The van der Waals surface area contributed by atoms with Gasteiger partial charge in [0.15, 0.2) is 0 Å². The van der Waals surface area contributed by atoms with Crippen LogP contribution in [0.4, 0.5) is 0 Å². The van der Waals surface area contributed by atoms with Crippen LogP contribution in [-0.4, -0.2) is 0 Å². The molecule has 0 saturated carbocycles. The Bertz CT molecular complexity index is 1490. The fourth-order valence-corrected chi connectivity index (χ4v) is 5.25. The van der Waals surface area contributed by atoms with E-state index in [9.17, 15) is 0 Å². The summed E-state index contributed by atoms with van der Waals surface area (Å²) in [6.45, 7) is 0. The van der Waals surface area contributed by atoms with E-state index < -0.39 is 0 Å². The summed E-state index contributed by atoms with van der Waals surface area (Å²) >= 11 is 7.19. The quantitative estimate of drug-likeness (QED) is 0.193. The highest BCUT2D eigenvalue weighted by molar-refractivity contribution is 9.10. The molecule has 0 bridgehead atoms. The zero-order valence-electron chi connectivity index (χ0n) is 17.1. The Kier molecular flexibility index (Phi) is 4.86. The lowest BCUT2D eigenvalue weighted by Crippen LogP contribution is -1.91. The van der Waals surface area contributed by atoms with Crippen molar-refractivity contribution in [3.8, 4) is 22.3 Å². The summed E-state index contributed by atoms with van der Waals surface area (Å²) in [6, 6.07) is 39.5. The zero-order valence-corrected chi connectivity index (χ0v) is 20.3. The molecule has 152 valence electrons. The van der Waals surface area contributed by atoms with Gasteiger partial charge in [0.1, 0.15) is 0 Å². The van der Waals surface area contributed by atoms with Crippen molar-refractivity contribution in [3.05, 3.63) is 118 Å². The molecule has 2 heteroatoms. The van der Waals surface area contributed by atoms with Crippen molar-refractivity contribution in [3.63, 3.8) is 0 Å². The summed E-state index contributed by atoms with van der Waals surface area (Å²) in [5.74, 6) is 0. The molecule has 0 fully saturated rings. The maximum absolute atomic E-state index is 3.59. The first-order valence-electron chi connectivity index (χ1n) is 10.6. The molecule has 0 saturated heterocycles. The summed E-state index contributed by atoms with van der Waals surface area (Å²) < 4.78 is 2.18. The lowest BCUT2D eigenvalue weighted by atomic mass is 9.85. The number of hydrogen-bond donors (Lipinski definition) is 0. The lowest BCUT2D eigenvalue weighted by molar-refractivity contribution is 1.62. The largest absolute Gasteiger partial charge is 0.0616 e. The van der Waals surface area contributed by atoms with Gasteiger partial charge in [-0.3, -0.25) is 0 Å². The van der Waals surface area contributed by atoms with Gasteiger partial charge >= 0.3 is 0 Å². The summed E-state index contributed by atoms with van der Waals surface area (Å²) in [6.07, 6.45) is 0. The van der Waals surface area contributed by atoms with Crippen LogP contribution < -0.4 is 0 Å². The van der Waals surface area contributed by atoms with Gasteiger partial charge in [-0.05, 0) is 91.0 Å². The van der Waals surface area contributed by atoms with E-state index >= 15 is 0 Å². The fourth-order valence-electron chi connectivity index (χ4n) is 4.72. The van der Waals surface area contributed by atoms with E-state index in [1.54, 1.807) is 0 Å². The molecule has 6 aromatic rings. The maximum atomic E-state index is 3.59. The maximum Gasteiger partial charge on any atom is 0.0175 e. The van der Waals surface area contributed by atoms with Crippen LogP contribution in [0.2, 0.25) is 0 Å².